The van der Waals surface area contributed by atoms with Gasteiger partial charge in [0.25, 0.3) is 0 Å². The molecule has 0 N–H and O–H groups in total. The molecule has 0 fully saturated rings. The molecule has 152 valence electrons. The Bertz CT molecular complexity index is 1140. The Labute approximate surface area is 178 Å². The van der Waals surface area contributed by atoms with Crippen molar-refractivity contribution in [2.45, 2.75) is 13.5 Å². The summed E-state index contributed by atoms with van der Waals surface area (Å²) in [6.07, 6.45) is 1.67. The molecular formula is C24H18ClFO4. The highest BCUT2D eigenvalue weighted by molar-refractivity contribution is 6.31. The highest BCUT2D eigenvalue weighted by Crippen LogP contribution is 2.36. The van der Waals surface area contributed by atoms with Crippen LogP contribution >= 0.6 is 11.6 Å². The number of ketones is 1. The summed E-state index contributed by atoms with van der Waals surface area (Å²) in [4.78, 5) is 12.7. The van der Waals surface area contributed by atoms with Gasteiger partial charge in [0.15, 0.2) is 5.76 Å². The second-order valence-corrected chi connectivity index (χ2v) is 7.00. The van der Waals surface area contributed by atoms with Gasteiger partial charge in [0.2, 0.25) is 5.78 Å². The monoisotopic (exact) mass is 424 g/mol. The third kappa shape index (κ3) is 4.16. The van der Waals surface area contributed by atoms with Crippen molar-refractivity contribution in [2.24, 2.45) is 0 Å². The van der Waals surface area contributed by atoms with Crippen LogP contribution in [0.1, 0.15) is 28.4 Å². The first-order chi connectivity index (χ1) is 14.5. The molecule has 0 amide bonds. The molecule has 0 unspecified atom stereocenters. The molecule has 30 heavy (non-hydrogen) atoms. The molecule has 0 aromatic heterocycles. The van der Waals surface area contributed by atoms with E-state index in [0.717, 1.165) is 5.56 Å². The number of rotatable bonds is 6. The standard InChI is InChI=1S/C24H18ClFO4/c1-2-28-21-6-4-3-5-15(21)11-23-24(27)19-10-9-18(13-22(19)30-23)29-14-16-7-8-17(26)12-20(16)25/h3-13H,2,14H2,1H3/b23-11-. The number of Topliss-reactive ketones (excluding diaryl/α,β-unsaturated/α-hetero) is 1. The summed E-state index contributed by atoms with van der Waals surface area (Å²) < 4.78 is 30.3. The molecule has 3 aromatic carbocycles. The Kier molecular flexibility index (Phi) is 5.72. The molecular weight excluding hydrogens is 407 g/mol. The highest BCUT2D eigenvalue weighted by Gasteiger charge is 2.28. The molecule has 1 aliphatic heterocycles. The number of carbonyl (C=O) groups excluding carboxylic acids is 1. The van der Waals surface area contributed by atoms with E-state index in [0.29, 0.717) is 40.0 Å². The summed E-state index contributed by atoms with van der Waals surface area (Å²) in [7, 11) is 0. The van der Waals surface area contributed by atoms with E-state index in [2.05, 4.69) is 0 Å². The molecule has 0 spiro atoms. The number of hydrogen-bond donors (Lipinski definition) is 0. The second-order valence-electron chi connectivity index (χ2n) is 6.59. The van der Waals surface area contributed by atoms with Gasteiger partial charge in [0, 0.05) is 17.2 Å². The minimum absolute atomic E-state index is 0.163. The minimum atomic E-state index is -0.404. The van der Waals surface area contributed by atoms with Gasteiger partial charge < -0.3 is 14.2 Å². The SMILES string of the molecule is CCOc1ccccc1/C=C1\Oc2cc(OCc3ccc(F)cc3Cl)ccc2C1=O. The molecule has 0 aliphatic carbocycles. The maximum absolute atomic E-state index is 13.2. The fourth-order valence-corrected chi connectivity index (χ4v) is 3.31. The number of ether oxygens (including phenoxy) is 3. The number of allylic oxidation sites excluding steroid dienone is 1. The summed E-state index contributed by atoms with van der Waals surface area (Å²) in [5, 5.41) is 0.292. The van der Waals surface area contributed by atoms with Crippen LogP contribution in [0.5, 0.6) is 17.2 Å². The van der Waals surface area contributed by atoms with Crippen LogP contribution in [0.15, 0.2) is 66.4 Å². The van der Waals surface area contributed by atoms with Crippen LogP contribution in [-0.4, -0.2) is 12.4 Å². The van der Waals surface area contributed by atoms with E-state index in [1.54, 1.807) is 30.3 Å². The van der Waals surface area contributed by atoms with Crippen LogP contribution in [0, 0.1) is 5.82 Å². The molecule has 0 saturated carbocycles. The molecule has 0 atom stereocenters. The number of hydrogen-bond acceptors (Lipinski definition) is 4. The van der Waals surface area contributed by atoms with Gasteiger partial charge in [-0.15, -0.1) is 0 Å². The lowest BCUT2D eigenvalue weighted by Crippen LogP contribution is -1.99. The summed E-state index contributed by atoms with van der Waals surface area (Å²) in [5.74, 6) is 1.22. The third-order valence-electron chi connectivity index (χ3n) is 4.56. The van der Waals surface area contributed by atoms with E-state index >= 15 is 0 Å². The quantitative estimate of drug-likeness (QED) is 0.450. The lowest BCUT2D eigenvalue weighted by atomic mass is 10.1. The third-order valence-corrected chi connectivity index (χ3v) is 4.91. The summed E-state index contributed by atoms with van der Waals surface area (Å²) in [6, 6.07) is 16.6. The summed E-state index contributed by atoms with van der Waals surface area (Å²) in [6.45, 7) is 2.59. The van der Waals surface area contributed by atoms with Crippen LogP contribution < -0.4 is 14.2 Å². The smallest absolute Gasteiger partial charge is 0.231 e. The minimum Gasteiger partial charge on any atom is -0.493 e. The Morgan fingerprint density at radius 1 is 1.07 bits per heavy atom. The number of carbonyl (C=O) groups is 1. The van der Waals surface area contributed by atoms with Crippen LogP contribution in [0.4, 0.5) is 4.39 Å². The first-order valence-corrected chi connectivity index (χ1v) is 9.80. The van der Waals surface area contributed by atoms with Gasteiger partial charge >= 0.3 is 0 Å². The van der Waals surface area contributed by atoms with Crippen LogP contribution in [-0.2, 0) is 6.61 Å². The molecule has 1 heterocycles. The Morgan fingerprint density at radius 3 is 2.70 bits per heavy atom. The number of halogens is 2. The van der Waals surface area contributed by atoms with Gasteiger partial charge in [-0.25, -0.2) is 4.39 Å². The zero-order valence-corrected chi connectivity index (χ0v) is 16.9. The van der Waals surface area contributed by atoms with Crippen LogP contribution in [0.2, 0.25) is 5.02 Å². The zero-order valence-electron chi connectivity index (χ0n) is 16.2. The van der Waals surface area contributed by atoms with E-state index in [1.807, 2.05) is 31.2 Å². The van der Waals surface area contributed by atoms with Crippen molar-refractivity contribution < 1.29 is 23.4 Å². The Morgan fingerprint density at radius 2 is 1.90 bits per heavy atom. The van der Waals surface area contributed by atoms with Gasteiger partial charge in [0.05, 0.1) is 17.2 Å². The lowest BCUT2D eigenvalue weighted by Gasteiger charge is -2.09. The van der Waals surface area contributed by atoms with Crippen molar-refractivity contribution in [3.8, 4) is 17.2 Å². The van der Waals surface area contributed by atoms with E-state index < -0.39 is 5.82 Å². The zero-order chi connectivity index (χ0) is 21.1. The first-order valence-electron chi connectivity index (χ1n) is 9.42. The average Bonchev–Trinajstić information content (AvgIpc) is 3.04. The van der Waals surface area contributed by atoms with Crippen molar-refractivity contribution >= 4 is 23.5 Å². The van der Waals surface area contributed by atoms with Gasteiger partial charge in [-0.1, -0.05) is 35.9 Å². The largest absolute Gasteiger partial charge is 0.493 e. The molecule has 0 radical (unpaired) electrons. The fourth-order valence-electron chi connectivity index (χ4n) is 3.08. The van der Waals surface area contributed by atoms with Crippen molar-refractivity contribution in [1.82, 2.24) is 0 Å². The molecule has 4 nitrogen and oxygen atoms in total. The van der Waals surface area contributed by atoms with E-state index in [4.69, 9.17) is 25.8 Å². The molecule has 4 rings (SSSR count). The topological polar surface area (TPSA) is 44.8 Å². The fraction of sp³-hybridized carbons (Fsp3) is 0.125. The predicted molar refractivity (Wildman–Crippen MR) is 113 cm³/mol. The van der Waals surface area contributed by atoms with E-state index in [-0.39, 0.29) is 18.1 Å². The maximum atomic E-state index is 13.2. The van der Waals surface area contributed by atoms with E-state index in [9.17, 15) is 9.18 Å². The molecule has 6 heteroatoms. The van der Waals surface area contributed by atoms with Gasteiger partial charge in [-0.05, 0) is 43.3 Å². The maximum Gasteiger partial charge on any atom is 0.231 e. The van der Waals surface area contributed by atoms with Crippen LogP contribution in [0.25, 0.3) is 6.08 Å². The van der Waals surface area contributed by atoms with Crippen molar-refractivity contribution in [3.05, 3.63) is 94.0 Å². The molecule has 0 saturated heterocycles. The molecule has 1 aliphatic rings. The van der Waals surface area contributed by atoms with Crippen molar-refractivity contribution in [2.75, 3.05) is 6.61 Å². The highest BCUT2D eigenvalue weighted by atomic mass is 35.5. The Hall–Kier alpha value is -3.31. The number of para-hydroxylation sites is 1. The van der Waals surface area contributed by atoms with Crippen LogP contribution in [0.3, 0.4) is 0 Å². The van der Waals surface area contributed by atoms with E-state index in [1.165, 1.54) is 12.1 Å². The normalized spacial score (nSPS) is 13.8. The molecule has 3 aromatic rings. The summed E-state index contributed by atoms with van der Waals surface area (Å²) >= 11 is 6.03. The molecule has 0 bridgehead atoms. The van der Waals surface area contributed by atoms with Gasteiger partial charge in [0.1, 0.15) is 29.7 Å². The van der Waals surface area contributed by atoms with Crippen molar-refractivity contribution in [3.63, 3.8) is 0 Å². The average molecular weight is 425 g/mol. The first kappa shape index (κ1) is 20.0. The number of fused-ring (bicyclic) bond motifs is 1. The van der Waals surface area contributed by atoms with Gasteiger partial charge in [-0.2, -0.15) is 0 Å². The lowest BCUT2D eigenvalue weighted by molar-refractivity contribution is 0.101. The number of benzene rings is 3. The van der Waals surface area contributed by atoms with Crippen molar-refractivity contribution in [1.29, 1.82) is 0 Å². The second kappa shape index (κ2) is 8.59. The Balaban J connectivity index is 1.53. The van der Waals surface area contributed by atoms with Gasteiger partial charge in [-0.3, -0.25) is 4.79 Å². The predicted octanol–water partition coefficient (Wildman–Crippen LogP) is 6.07. The summed E-state index contributed by atoms with van der Waals surface area (Å²) in [5.41, 5.74) is 1.88.